The summed E-state index contributed by atoms with van der Waals surface area (Å²) in [6.07, 6.45) is 0. The normalized spacial score (nSPS) is 10.2. The second kappa shape index (κ2) is 4.46. The fraction of sp³-hybridized carbons (Fsp3) is 0.100. The van der Waals surface area contributed by atoms with Crippen molar-refractivity contribution in [2.75, 3.05) is 5.32 Å². The second-order valence-corrected chi connectivity index (χ2v) is 4.43. The Kier molecular flexibility index (Phi) is 3.01. The molecule has 1 aromatic heterocycles. The summed E-state index contributed by atoms with van der Waals surface area (Å²) in [5.41, 5.74) is -0.157. The minimum Gasteiger partial charge on any atom is -0.508 e. The lowest BCUT2D eigenvalue weighted by Gasteiger charge is -2.02. The molecule has 0 saturated heterocycles. The summed E-state index contributed by atoms with van der Waals surface area (Å²) in [5.74, 6) is -1.65. The topological polar surface area (TPSA) is 75.1 Å². The molecule has 0 unspecified atom stereocenters. The highest BCUT2D eigenvalue weighted by molar-refractivity contribution is 7.15. The molecule has 17 heavy (non-hydrogen) atoms. The van der Waals surface area contributed by atoms with Crippen molar-refractivity contribution in [2.45, 2.75) is 6.92 Å². The third-order valence-electron chi connectivity index (χ3n) is 1.94. The highest BCUT2D eigenvalue weighted by atomic mass is 32.1. The van der Waals surface area contributed by atoms with Crippen molar-refractivity contribution in [3.8, 4) is 5.75 Å². The summed E-state index contributed by atoms with van der Waals surface area (Å²) in [7, 11) is 0. The smallest absolute Gasteiger partial charge is 0.260 e. The van der Waals surface area contributed by atoms with Crippen LogP contribution in [0, 0.1) is 12.7 Å². The van der Waals surface area contributed by atoms with Gasteiger partial charge in [-0.15, -0.1) is 10.2 Å². The third kappa shape index (κ3) is 2.56. The summed E-state index contributed by atoms with van der Waals surface area (Å²) in [6, 6.07) is 3.32. The number of hydrogen-bond acceptors (Lipinski definition) is 5. The van der Waals surface area contributed by atoms with Crippen molar-refractivity contribution in [2.24, 2.45) is 0 Å². The maximum absolute atomic E-state index is 13.4. The van der Waals surface area contributed by atoms with E-state index in [2.05, 4.69) is 15.5 Å². The highest BCUT2D eigenvalue weighted by Gasteiger charge is 2.14. The van der Waals surface area contributed by atoms with E-state index in [1.165, 1.54) is 23.5 Å². The molecule has 5 nitrogen and oxygen atoms in total. The maximum atomic E-state index is 13.4. The highest BCUT2D eigenvalue weighted by Crippen LogP contribution is 2.18. The number of phenols is 1. The molecule has 0 bridgehead atoms. The third-order valence-corrected chi connectivity index (χ3v) is 2.70. The van der Waals surface area contributed by atoms with E-state index < -0.39 is 11.7 Å². The first-order chi connectivity index (χ1) is 8.06. The zero-order valence-corrected chi connectivity index (χ0v) is 9.58. The molecule has 0 radical (unpaired) electrons. The number of aryl methyl sites for hydroxylation is 1. The van der Waals surface area contributed by atoms with Crippen LogP contribution < -0.4 is 5.32 Å². The number of rotatable bonds is 2. The molecule has 1 aromatic carbocycles. The fourth-order valence-corrected chi connectivity index (χ4v) is 1.79. The van der Waals surface area contributed by atoms with E-state index in [4.69, 9.17) is 5.11 Å². The molecule has 0 aliphatic rings. The summed E-state index contributed by atoms with van der Waals surface area (Å²) in [5, 5.41) is 19.9. The Morgan fingerprint density at radius 1 is 1.47 bits per heavy atom. The monoisotopic (exact) mass is 253 g/mol. The van der Waals surface area contributed by atoms with Crippen LogP contribution in [0.25, 0.3) is 0 Å². The minimum atomic E-state index is -0.788. The van der Waals surface area contributed by atoms with Crippen LogP contribution in [0.1, 0.15) is 15.4 Å². The van der Waals surface area contributed by atoms with Gasteiger partial charge in [-0.1, -0.05) is 11.3 Å². The minimum absolute atomic E-state index is 0.157. The number of aromatic hydroxyl groups is 1. The Balaban J connectivity index is 2.20. The molecular weight excluding hydrogens is 245 g/mol. The van der Waals surface area contributed by atoms with Gasteiger partial charge in [-0.2, -0.15) is 0 Å². The number of hydrogen-bond donors (Lipinski definition) is 2. The van der Waals surface area contributed by atoms with Gasteiger partial charge in [0.15, 0.2) is 0 Å². The second-order valence-electron chi connectivity index (χ2n) is 3.24. The number of halogens is 1. The average Bonchev–Trinajstić information content (AvgIpc) is 2.63. The number of amides is 1. The molecule has 0 aliphatic carbocycles. The van der Waals surface area contributed by atoms with Crippen LogP contribution in [0.2, 0.25) is 0 Å². The van der Waals surface area contributed by atoms with Crippen LogP contribution in [0.4, 0.5) is 9.52 Å². The molecule has 0 saturated carbocycles. The first kappa shape index (κ1) is 11.5. The zero-order chi connectivity index (χ0) is 12.4. The number of phenolic OH excluding ortho intramolecular Hbond substituents is 1. The number of carbonyl (C=O) groups excluding carboxylic acids is 1. The van der Waals surface area contributed by atoms with E-state index in [-0.39, 0.29) is 11.3 Å². The molecule has 2 N–H and O–H groups in total. The van der Waals surface area contributed by atoms with Crippen molar-refractivity contribution >= 4 is 22.4 Å². The van der Waals surface area contributed by atoms with Gasteiger partial charge >= 0.3 is 0 Å². The Hall–Kier alpha value is -2.02. The zero-order valence-electron chi connectivity index (χ0n) is 8.77. The SMILES string of the molecule is Cc1nnc(NC(=O)c2ccc(O)cc2F)s1. The van der Waals surface area contributed by atoms with E-state index in [0.29, 0.717) is 10.1 Å². The van der Waals surface area contributed by atoms with Crippen LogP contribution in [0.15, 0.2) is 18.2 Å². The van der Waals surface area contributed by atoms with Gasteiger partial charge in [0.25, 0.3) is 5.91 Å². The summed E-state index contributed by atoms with van der Waals surface area (Å²) < 4.78 is 13.4. The van der Waals surface area contributed by atoms with E-state index in [1.807, 2.05) is 0 Å². The van der Waals surface area contributed by atoms with E-state index in [0.717, 1.165) is 6.07 Å². The quantitative estimate of drug-likeness (QED) is 0.857. The molecule has 7 heteroatoms. The fourth-order valence-electron chi connectivity index (χ4n) is 1.20. The van der Waals surface area contributed by atoms with E-state index in [1.54, 1.807) is 6.92 Å². The molecular formula is C10H8FN3O2S. The van der Waals surface area contributed by atoms with Gasteiger partial charge in [-0.05, 0) is 19.1 Å². The lowest BCUT2D eigenvalue weighted by atomic mass is 10.2. The number of nitrogens with one attached hydrogen (secondary N) is 1. The summed E-state index contributed by atoms with van der Waals surface area (Å²) in [4.78, 5) is 11.7. The lowest BCUT2D eigenvalue weighted by molar-refractivity contribution is 0.102. The molecule has 1 amide bonds. The summed E-state index contributed by atoms with van der Waals surface area (Å²) in [6.45, 7) is 1.74. The number of nitrogens with zero attached hydrogens (tertiary/aromatic N) is 2. The molecule has 2 aromatic rings. The van der Waals surface area contributed by atoms with Crippen molar-refractivity contribution in [1.82, 2.24) is 10.2 Å². The molecule has 0 spiro atoms. The Morgan fingerprint density at radius 3 is 2.82 bits per heavy atom. The molecule has 2 rings (SSSR count). The molecule has 0 atom stereocenters. The number of benzene rings is 1. The van der Waals surface area contributed by atoms with Crippen LogP contribution in [0.3, 0.4) is 0 Å². The van der Waals surface area contributed by atoms with Gasteiger partial charge in [0, 0.05) is 6.07 Å². The number of carbonyl (C=O) groups is 1. The van der Waals surface area contributed by atoms with Crippen LogP contribution >= 0.6 is 11.3 Å². The maximum Gasteiger partial charge on any atom is 0.260 e. The van der Waals surface area contributed by atoms with Gasteiger partial charge in [-0.3, -0.25) is 10.1 Å². The molecule has 88 valence electrons. The Bertz CT molecular complexity index is 570. The predicted molar refractivity (Wildman–Crippen MR) is 60.7 cm³/mol. The molecule has 1 heterocycles. The first-order valence-electron chi connectivity index (χ1n) is 4.66. The summed E-state index contributed by atoms with van der Waals surface area (Å²) >= 11 is 1.19. The Labute approximate surface area is 99.9 Å². The molecule has 0 fully saturated rings. The van der Waals surface area contributed by atoms with Gasteiger partial charge in [0.1, 0.15) is 16.6 Å². The van der Waals surface area contributed by atoms with E-state index >= 15 is 0 Å². The van der Waals surface area contributed by atoms with Gasteiger partial charge in [0.05, 0.1) is 5.56 Å². The average molecular weight is 253 g/mol. The molecule has 0 aliphatic heterocycles. The van der Waals surface area contributed by atoms with E-state index in [9.17, 15) is 9.18 Å². The number of aromatic nitrogens is 2. The van der Waals surface area contributed by atoms with Gasteiger partial charge in [0.2, 0.25) is 5.13 Å². The van der Waals surface area contributed by atoms with Gasteiger partial charge < -0.3 is 5.11 Å². The van der Waals surface area contributed by atoms with Crippen LogP contribution in [-0.4, -0.2) is 21.2 Å². The Morgan fingerprint density at radius 2 is 2.24 bits per heavy atom. The van der Waals surface area contributed by atoms with Crippen molar-refractivity contribution < 1.29 is 14.3 Å². The van der Waals surface area contributed by atoms with Crippen molar-refractivity contribution in [1.29, 1.82) is 0 Å². The number of anilines is 1. The van der Waals surface area contributed by atoms with Gasteiger partial charge in [-0.25, -0.2) is 4.39 Å². The van der Waals surface area contributed by atoms with Crippen molar-refractivity contribution in [3.05, 3.63) is 34.6 Å². The van der Waals surface area contributed by atoms with Crippen LogP contribution in [0.5, 0.6) is 5.75 Å². The van der Waals surface area contributed by atoms with Crippen LogP contribution in [-0.2, 0) is 0 Å². The van der Waals surface area contributed by atoms with Crippen molar-refractivity contribution in [3.63, 3.8) is 0 Å². The largest absolute Gasteiger partial charge is 0.508 e. The predicted octanol–water partition coefficient (Wildman–Crippen LogP) is 1.94. The standard InChI is InChI=1S/C10H8FN3O2S/c1-5-13-14-10(17-5)12-9(16)7-3-2-6(15)4-8(7)11/h2-4,15H,1H3,(H,12,14,16). The first-order valence-corrected chi connectivity index (χ1v) is 5.48. The lowest BCUT2D eigenvalue weighted by Crippen LogP contribution is -2.13.